The maximum absolute atomic E-state index is 5.33. The van der Waals surface area contributed by atoms with Crippen LogP contribution in [0.1, 0.15) is 6.92 Å². The van der Waals surface area contributed by atoms with Gasteiger partial charge in [-0.1, -0.05) is 6.58 Å². The summed E-state index contributed by atoms with van der Waals surface area (Å²) in [7, 11) is 0. The Kier molecular flexibility index (Phi) is 3.20. The van der Waals surface area contributed by atoms with Crippen LogP contribution >= 0.6 is 0 Å². The lowest BCUT2D eigenvalue weighted by Crippen LogP contribution is -2.05. The van der Waals surface area contributed by atoms with E-state index in [1.807, 2.05) is 0 Å². The van der Waals surface area contributed by atoms with E-state index in [0.29, 0.717) is 11.5 Å². The summed E-state index contributed by atoms with van der Waals surface area (Å²) < 4.78 is 0. The molecule has 9 heavy (non-hydrogen) atoms. The van der Waals surface area contributed by atoms with Gasteiger partial charge in [0.05, 0.1) is 5.70 Å². The van der Waals surface area contributed by atoms with Gasteiger partial charge in [-0.15, -0.1) is 0 Å². The van der Waals surface area contributed by atoms with Crippen LogP contribution in [0.15, 0.2) is 29.2 Å². The largest absolute Gasteiger partial charge is 0.396 e. The average Bonchev–Trinajstić information content (AvgIpc) is 1.87. The molecule has 0 unspecified atom stereocenters. The van der Waals surface area contributed by atoms with Gasteiger partial charge in [-0.3, -0.25) is 0 Å². The first-order valence-corrected chi connectivity index (χ1v) is 2.58. The summed E-state index contributed by atoms with van der Waals surface area (Å²) in [5.41, 5.74) is 11.1. The first-order valence-electron chi connectivity index (χ1n) is 2.58. The lowest BCUT2D eigenvalue weighted by molar-refractivity contribution is 1.17. The monoisotopic (exact) mass is 125 g/mol. The number of hydrogen-bond acceptors (Lipinski definition) is 3. The number of nitrogens with two attached hydrogens (primary N) is 2. The van der Waals surface area contributed by atoms with Crippen LogP contribution in [0, 0.1) is 0 Å². The predicted octanol–water partition coefficient (Wildman–Crippen LogP) is 0.350. The molecule has 0 saturated carbocycles. The highest BCUT2D eigenvalue weighted by Crippen LogP contribution is 1.91. The smallest absolute Gasteiger partial charge is 0.146 e. The molecule has 3 nitrogen and oxygen atoms in total. The standard InChI is InChI=1S/C6H11N3/c1-3-5(7)6(8)9-4-2/h3-4H,1,7-8H2,2H3/b6-5+,9-4?. The van der Waals surface area contributed by atoms with Gasteiger partial charge in [-0.25, -0.2) is 4.99 Å². The van der Waals surface area contributed by atoms with Crippen LogP contribution in [0.2, 0.25) is 0 Å². The minimum atomic E-state index is 0.313. The molecule has 0 aromatic carbocycles. The molecule has 0 aliphatic carbocycles. The maximum Gasteiger partial charge on any atom is 0.146 e. The van der Waals surface area contributed by atoms with Gasteiger partial charge in [-0.2, -0.15) is 0 Å². The summed E-state index contributed by atoms with van der Waals surface area (Å²) in [5, 5.41) is 0. The highest BCUT2D eigenvalue weighted by atomic mass is 14.9. The third-order valence-electron chi connectivity index (χ3n) is 0.784. The summed E-state index contributed by atoms with van der Waals surface area (Å²) >= 11 is 0. The maximum atomic E-state index is 5.33. The van der Waals surface area contributed by atoms with E-state index in [2.05, 4.69) is 11.6 Å². The number of allylic oxidation sites excluding steroid dienone is 1. The third-order valence-corrected chi connectivity index (χ3v) is 0.784. The topological polar surface area (TPSA) is 64.4 Å². The molecule has 0 heterocycles. The summed E-state index contributed by atoms with van der Waals surface area (Å²) in [4.78, 5) is 3.73. The summed E-state index contributed by atoms with van der Waals surface area (Å²) in [6.07, 6.45) is 3.04. The molecular weight excluding hydrogens is 114 g/mol. The van der Waals surface area contributed by atoms with E-state index in [1.54, 1.807) is 13.1 Å². The van der Waals surface area contributed by atoms with Gasteiger partial charge in [0.25, 0.3) is 0 Å². The van der Waals surface area contributed by atoms with E-state index >= 15 is 0 Å². The Labute approximate surface area is 54.8 Å². The van der Waals surface area contributed by atoms with Crippen molar-refractivity contribution in [3.8, 4) is 0 Å². The first-order chi connectivity index (χ1) is 4.22. The van der Waals surface area contributed by atoms with Crippen LogP contribution in [0.25, 0.3) is 0 Å². The number of rotatable bonds is 2. The van der Waals surface area contributed by atoms with Crippen LogP contribution < -0.4 is 11.5 Å². The Hall–Kier alpha value is -1.25. The lowest BCUT2D eigenvalue weighted by atomic mass is 10.4. The van der Waals surface area contributed by atoms with Crippen LogP contribution in [0.5, 0.6) is 0 Å². The Morgan fingerprint density at radius 2 is 2.11 bits per heavy atom. The van der Waals surface area contributed by atoms with Gasteiger partial charge >= 0.3 is 0 Å². The van der Waals surface area contributed by atoms with E-state index in [0.717, 1.165) is 0 Å². The highest BCUT2D eigenvalue weighted by molar-refractivity contribution is 5.55. The summed E-state index contributed by atoms with van der Waals surface area (Å²) in [6, 6.07) is 0. The van der Waals surface area contributed by atoms with Crippen molar-refractivity contribution < 1.29 is 0 Å². The number of hydrogen-bond donors (Lipinski definition) is 2. The molecule has 0 aromatic rings. The molecular formula is C6H11N3. The van der Waals surface area contributed by atoms with Gasteiger partial charge in [0.2, 0.25) is 0 Å². The van der Waals surface area contributed by atoms with Gasteiger partial charge in [0, 0.05) is 6.21 Å². The van der Waals surface area contributed by atoms with Gasteiger partial charge in [0.1, 0.15) is 5.82 Å². The quantitative estimate of drug-likeness (QED) is 0.413. The zero-order valence-electron chi connectivity index (χ0n) is 5.46. The highest BCUT2D eigenvalue weighted by Gasteiger charge is 1.86. The summed E-state index contributed by atoms with van der Waals surface area (Å²) in [6.45, 7) is 5.19. The van der Waals surface area contributed by atoms with Crippen molar-refractivity contribution in [2.24, 2.45) is 16.5 Å². The molecule has 0 saturated heterocycles. The normalized spacial score (nSPS) is 13.4. The minimum absolute atomic E-state index is 0.313. The molecule has 0 aliphatic rings. The molecule has 0 amide bonds. The molecule has 0 rings (SSSR count). The van der Waals surface area contributed by atoms with Crippen molar-refractivity contribution in [1.82, 2.24) is 0 Å². The Bertz CT molecular complexity index is 156. The van der Waals surface area contributed by atoms with Crippen molar-refractivity contribution in [2.45, 2.75) is 6.92 Å². The number of aliphatic imine (C=N–C) groups is 1. The van der Waals surface area contributed by atoms with E-state index in [1.165, 1.54) is 6.08 Å². The minimum Gasteiger partial charge on any atom is -0.396 e. The van der Waals surface area contributed by atoms with E-state index < -0.39 is 0 Å². The van der Waals surface area contributed by atoms with E-state index in [9.17, 15) is 0 Å². The molecule has 0 atom stereocenters. The van der Waals surface area contributed by atoms with Crippen LogP contribution in [0.3, 0.4) is 0 Å². The molecule has 0 bridgehead atoms. The van der Waals surface area contributed by atoms with E-state index in [4.69, 9.17) is 11.5 Å². The molecule has 0 fully saturated rings. The summed E-state index contributed by atoms with van der Waals surface area (Å²) in [5.74, 6) is 0.313. The molecule has 0 aromatic heterocycles. The zero-order valence-corrected chi connectivity index (χ0v) is 5.46. The molecule has 4 N–H and O–H groups in total. The second-order valence-corrected chi connectivity index (χ2v) is 1.43. The van der Waals surface area contributed by atoms with Gasteiger partial charge < -0.3 is 11.5 Å². The zero-order chi connectivity index (χ0) is 7.28. The van der Waals surface area contributed by atoms with Crippen molar-refractivity contribution in [1.29, 1.82) is 0 Å². The van der Waals surface area contributed by atoms with Crippen molar-refractivity contribution >= 4 is 6.21 Å². The average molecular weight is 125 g/mol. The van der Waals surface area contributed by atoms with Crippen LogP contribution in [-0.2, 0) is 0 Å². The second kappa shape index (κ2) is 3.72. The first kappa shape index (κ1) is 7.75. The molecule has 50 valence electrons. The van der Waals surface area contributed by atoms with Gasteiger partial charge in [0.15, 0.2) is 0 Å². The second-order valence-electron chi connectivity index (χ2n) is 1.43. The third kappa shape index (κ3) is 2.54. The predicted molar refractivity (Wildman–Crippen MR) is 39.8 cm³/mol. The lowest BCUT2D eigenvalue weighted by Gasteiger charge is -1.93. The van der Waals surface area contributed by atoms with Crippen LogP contribution in [-0.4, -0.2) is 6.21 Å². The SMILES string of the molecule is C=C/C(N)=C(/N)N=CC. The number of nitrogens with zero attached hydrogens (tertiary/aromatic N) is 1. The fourth-order valence-corrected chi connectivity index (χ4v) is 0.318. The fraction of sp³-hybridized carbons (Fsp3) is 0.167. The molecule has 0 aliphatic heterocycles. The van der Waals surface area contributed by atoms with Gasteiger partial charge in [-0.05, 0) is 13.0 Å². The van der Waals surface area contributed by atoms with Crippen molar-refractivity contribution in [2.75, 3.05) is 0 Å². The Balaban J connectivity index is 4.27. The fourth-order valence-electron chi connectivity index (χ4n) is 0.318. The Morgan fingerprint density at radius 1 is 1.56 bits per heavy atom. The Morgan fingerprint density at radius 3 is 2.44 bits per heavy atom. The van der Waals surface area contributed by atoms with Crippen molar-refractivity contribution in [3.63, 3.8) is 0 Å². The molecule has 0 radical (unpaired) electrons. The van der Waals surface area contributed by atoms with E-state index in [-0.39, 0.29) is 0 Å². The van der Waals surface area contributed by atoms with Crippen molar-refractivity contribution in [3.05, 3.63) is 24.2 Å². The molecule has 3 heteroatoms. The molecule has 0 spiro atoms. The van der Waals surface area contributed by atoms with Crippen LogP contribution in [0.4, 0.5) is 0 Å².